The van der Waals surface area contributed by atoms with Gasteiger partial charge in [0, 0.05) is 4.47 Å². The predicted molar refractivity (Wildman–Crippen MR) is 63.0 cm³/mol. The molecule has 0 atom stereocenters. The van der Waals surface area contributed by atoms with Crippen molar-refractivity contribution in [2.75, 3.05) is 6.26 Å². The van der Waals surface area contributed by atoms with E-state index < -0.39 is 0 Å². The number of halogens is 1. The monoisotopic (exact) mass is 258 g/mol. The molecule has 0 aromatic heterocycles. The molecule has 0 amide bonds. The Labute approximate surface area is 90.8 Å². The van der Waals surface area contributed by atoms with Gasteiger partial charge in [0.25, 0.3) is 0 Å². The summed E-state index contributed by atoms with van der Waals surface area (Å²) in [6.45, 7) is 0.653. The lowest BCUT2D eigenvalue weighted by Crippen LogP contribution is -2.05. The van der Waals surface area contributed by atoms with Gasteiger partial charge in [-0.1, -0.05) is 39.8 Å². The minimum Gasteiger partial charge on any atom is -0.379 e. The largest absolute Gasteiger partial charge is 0.379 e. The third kappa shape index (κ3) is 3.83. The Kier molecular flexibility index (Phi) is 4.32. The zero-order valence-corrected chi connectivity index (χ0v) is 9.73. The third-order valence-electron chi connectivity index (χ3n) is 1.54. The lowest BCUT2D eigenvalue weighted by molar-refractivity contribution is 1.07. The molecule has 4 heteroatoms. The van der Waals surface area contributed by atoms with Crippen LogP contribution in [0.25, 0.3) is 0 Å². The molecule has 0 unspecified atom stereocenters. The molecule has 2 N–H and O–H groups in total. The average molecular weight is 259 g/mol. The van der Waals surface area contributed by atoms with E-state index >= 15 is 0 Å². The second kappa shape index (κ2) is 5.29. The quantitative estimate of drug-likeness (QED) is 0.655. The Balaban J connectivity index is 2.60. The standard InChI is InChI=1S/C9H11BrN2S/c1-13-9(11)12-6-7-2-4-8(10)5-3-7/h2-5H,6H2,1H3,(H2,11,12). The molecule has 1 rings (SSSR count). The van der Waals surface area contributed by atoms with Crippen LogP contribution in [0.15, 0.2) is 33.7 Å². The van der Waals surface area contributed by atoms with Crippen molar-refractivity contribution in [3.05, 3.63) is 34.3 Å². The van der Waals surface area contributed by atoms with E-state index in [2.05, 4.69) is 20.9 Å². The molecule has 70 valence electrons. The number of aliphatic imine (C=N–C) groups is 1. The maximum Gasteiger partial charge on any atom is 0.153 e. The van der Waals surface area contributed by atoms with Crippen LogP contribution in [0, 0.1) is 0 Å². The summed E-state index contributed by atoms with van der Waals surface area (Å²) in [7, 11) is 0. The number of amidine groups is 1. The summed E-state index contributed by atoms with van der Waals surface area (Å²) in [5.74, 6) is 0. The lowest BCUT2D eigenvalue weighted by atomic mass is 10.2. The van der Waals surface area contributed by atoms with Crippen LogP contribution in [0.2, 0.25) is 0 Å². The molecular formula is C9H11BrN2S. The molecule has 0 aliphatic carbocycles. The number of nitrogens with zero attached hydrogens (tertiary/aromatic N) is 1. The van der Waals surface area contributed by atoms with Crippen molar-refractivity contribution in [1.29, 1.82) is 0 Å². The first-order valence-electron chi connectivity index (χ1n) is 3.80. The zero-order valence-electron chi connectivity index (χ0n) is 7.33. The highest BCUT2D eigenvalue weighted by molar-refractivity contribution is 9.10. The highest BCUT2D eigenvalue weighted by atomic mass is 79.9. The highest BCUT2D eigenvalue weighted by Gasteiger charge is 1.91. The van der Waals surface area contributed by atoms with Crippen LogP contribution < -0.4 is 5.73 Å². The number of benzene rings is 1. The smallest absolute Gasteiger partial charge is 0.153 e. The van der Waals surface area contributed by atoms with Gasteiger partial charge in [-0.05, 0) is 24.0 Å². The summed E-state index contributed by atoms with van der Waals surface area (Å²) in [5, 5.41) is 0.628. The third-order valence-corrected chi connectivity index (χ3v) is 2.62. The fourth-order valence-electron chi connectivity index (χ4n) is 0.824. The number of rotatable bonds is 2. The molecule has 0 aliphatic heterocycles. The van der Waals surface area contributed by atoms with Crippen LogP contribution in [0.3, 0.4) is 0 Å². The van der Waals surface area contributed by atoms with E-state index in [9.17, 15) is 0 Å². The van der Waals surface area contributed by atoms with Gasteiger partial charge in [0.1, 0.15) is 0 Å². The molecule has 0 saturated carbocycles. The zero-order chi connectivity index (χ0) is 9.68. The fraction of sp³-hybridized carbons (Fsp3) is 0.222. The van der Waals surface area contributed by atoms with Crippen molar-refractivity contribution in [2.24, 2.45) is 10.7 Å². The van der Waals surface area contributed by atoms with E-state index in [0.29, 0.717) is 11.7 Å². The van der Waals surface area contributed by atoms with E-state index in [-0.39, 0.29) is 0 Å². The number of nitrogens with two attached hydrogens (primary N) is 1. The topological polar surface area (TPSA) is 38.4 Å². The van der Waals surface area contributed by atoms with Gasteiger partial charge >= 0.3 is 0 Å². The van der Waals surface area contributed by atoms with Gasteiger partial charge in [0.05, 0.1) is 6.54 Å². The Morgan fingerprint density at radius 3 is 2.62 bits per heavy atom. The van der Waals surface area contributed by atoms with Gasteiger partial charge < -0.3 is 5.73 Å². The highest BCUT2D eigenvalue weighted by Crippen LogP contribution is 2.11. The van der Waals surface area contributed by atoms with E-state index in [4.69, 9.17) is 5.73 Å². The van der Waals surface area contributed by atoms with E-state index in [1.165, 1.54) is 17.3 Å². The van der Waals surface area contributed by atoms with E-state index in [0.717, 1.165) is 4.47 Å². The lowest BCUT2D eigenvalue weighted by Gasteiger charge is -1.98. The van der Waals surface area contributed by atoms with Crippen LogP contribution in [0.5, 0.6) is 0 Å². The fourth-order valence-corrected chi connectivity index (χ4v) is 1.28. The summed E-state index contributed by atoms with van der Waals surface area (Å²) < 4.78 is 1.08. The van der Waals surface area contributed by atoms with Crippen molar-refractivity contribution >= 4 is 32.9 Å². The Bertz CT molecular complexity index is 295. The number of hydrogen-bond donors (Lipinski definition) is 1. The van der Waals surface area contributed by atoms with E-state index in [1.54, 1.807) is 0 Å². The second-order valence-electron chi connectivity index (χ2n) is 2.49. The van der Waals surface area contributed by atoms with Crippen LogP contribution in [-0.4, -0.2) is 11.4 Å². The van der Waals surface area contributed by atoms with E-state index in [1.807, 2.05) is 30.5 Å². The van der Waals surface area contributed by atoms with Gasteiger partial charge in [-0.3, -0.25) is 4.99 Å². The molecule has 0 radical (unpaired) electrons. The summed E-state index contributed by atoms with van der Waals surface area (Å²) >= 11 is 4.84. The molecule has 0 spiro atoms. The normalized spacial score (nSPS) is 11.7. The summed E-state index contributed by atoms with van der Waals surface area (Å²) in [6, 6.07) is 8.06. The number of thioether (sulfide) groups is 1. The van der Waals surface area contributed by atoms with Crippen molar-refractivity contribution in [3.8, 4) is 0 Å². The summed E-state index contributed by atoms with van der Waals surface area (Å²) in [6.07, 6.45) is 1.92. The molecule has 2 nitrogen and oxygen atoms in total. The van der Waals surface area contributed by atoms with Gasteiger partial charge in [0.2, 0.25) is 0 Å². The number of hydrogen-bond acceptors (Lipinski definition) is 2. The van der Waals surface area contributed by atoms with Crippen molar-refractivity contribution < 1.29 is 0 Å². The van der Waals surface area contributed by atoms with Gasteiger partial charge in [0.15, 0.2) is 5.17 Å². The molecule has 13 heavy (non-hydrogen) atoms. The molecule has 1 aromatic carbocycles. The summed E-state index contributed by atoms with van der Waals surface area (Å²) in [4.78, 5) is 4.18. The van der Waals surface area contributed by atoms with Crippen molar-refractivity contribution in [3.63, 3.8) is 0 Å². The SMILES string of the molecule is CSC(N)=NCc1ccc(Br)cc1. The van der Waals surface area contributed by atoms with Crippen LogP contribution in [-0.2, 0) is 6.54 Å². The van der Waals surface area contributed by atoms with Crippen molar-refractivity contribution in [2.45, 2.75) is 6.54 Å². The van der Waals surface area contributed by atoms with Crippen LogP contribution in [0.1, 0.15) is 5.56 Å². The summed E-state index contributed by atoms with van der Waals surface area (Å²) in [5.41, 5.74) is 6.72. The van der Waals surface area contributed by atoms with Gasteiger partial charge in [-0.15, -0.1) is 0 Å². The molecule has 1 aromatic rings. The first-order chi connectivity index (χ1) is 6.22. The second-order valence-corrected chi connectivity index (χ2v) is 4.23. The van der Waals surface area contributed by atoms with Crippen LogP contribution >= 0.6 is 27.7 Å². The molecule has 0 saturated heterocycles. The first-order valence-corrected chi connectivity index (χ1v) is 5.82. The Hall–Kier alpha value is -0.480. The molecule has 0 fully saturated rings. The molecule has 0 aliphatic rings. The van der Waals surface area contributed by atoms with Crippen LogP contribution in [0.4, 0.5) is 0 Å². The maximum absolute atomic E-state index is 5.55. The van der Waals surface area contributed by atoms with Crippen molar-refractivity contribution in [1.82, 2.24) is 0 Å². The first kappa shape index (κ1) is 10.6. The Morgan fingerprint density at radius 1 is 1.46 bits per heavy atom. The molecular weight excluding hydrogens is 248 g/mol. The minimum absolute atomic E-state index is 0.628. The Morgan fingerprint density at radius 2 is 2.08 bits per heavy atom. The predicted octanol–water partition coefficient (Wildman–Crippen LogP) is 2.63. The molecule has 0 heterocycles. The average Bonchev–Trinajstić information content (AvgIpc) is 2.16. The molecule has 0 bridgehead atoms. The van der Waals surface area contributed by atoms with Gasteiger partial charge in [-0.25, -0.2) is 0 Å². The minimum atomic E-state index is 0.628. The maximum atomic E-state index is 5.55. The van der Waals surface area contributed by atoms with Gasteiger partial charge in [-0.2, -0.15) is 0 Å².